The Morgan fingerprint density at radius 2 is 1.74 bits per heavy atom. The molecule has 9 nitrogen and oxygen atoms in total. The van der Waals surface area contributed by atoms with Crippen LogP contribution in [0, 0.1) is 0 Å². The number of halogens is 2. The van der Waals surface area contributed by atoms with Gasteiger partial charge in [-0.25, -0.2) is 0 Å². The van der Waals surface area contributed by atoms with Gasteiger partial charge in [0.1, 0.15) is 17.1 Å². The molecule has 4 aromatic rings. The highest BCUT2D eigenvalue weighted by Gasteiger charge is 2.21. The Labute approximate surface area is 234 Å². The van der Waals surface area contributed by atoms with Crippen molar-refractivity contribution in [2.45, 2.75) is 25.2 Å². The van der Waals surface area contributed by atoms with Gasteiger partial charge in [-0.3, -0.25) is 9.35 Å². The van der Waals surface area contributed by atoms with Crippen molar-refractivity contribution in [3.63, 3.8) is 0 Å². The maximum atomic E-state index is 13.2. The highest BCUT2D eigenvalue weighted by molar-refractivity contribution is 7.85. The average Bonchev–Trinajstić information content (AvgIpc) is 2.89. The second kappa shape index (κ2) is 11.6. The molecule has 0 atom stereocenters. The number of amides is 1. The summed E-state index contributed by atoms with van der Waals surface area (Å²) >= 11 is 12.5. The minimum atomic E-state index is -4.55. The third-order valence-corrected chi connectivity index (χ3v) is 7.31. The van der Waals surface area contributed by atoms with Crippen LogP contribution in [0.5, 0.6) is 11.5 Å². The Kier molecular flexibility index (Phi) is 8.41. The maximum absolute atomic E-state index is 13.2. The third-order valence-electron chi connectivity index (χ3n) is 5.78. The smallest absolute Gasteiger partial charge is 0.294 e. The van der Waals surface area contributed by atoms with Crippen LogP contribution in [-0.2, 0) is 16.5 Å². The number of azo groups is 1. The van der Waals surface area contributed by atoms with Crippen molar-refractivity contribution < 1.29 is 27.6 Å². The normalized spacial score (nSPS) is 11.7. The number of aryl methyl sites for hydroxylation is 1. The Hall–Kier alpha value is -3.70. The molecular weight excluding hydrogens is 565 g/mol. The average molecular weight is 588 g/mol. The Balaban J connectivity index is 1.77. The summed E-state index contributed by atoms with van der Waals surface area (Å²) in [5.41, 5.74) is 0.516. The van der Waals surface area contributed by atoms with Crippen LogP contribution in [0.15, 0.2) is 75.8 Å². The minimum Gasteiger partial charge on any atom is -0.505 e. The second-order valence-electron chi connectivity index (χ2n) is 8.31. The molecule has 0 aromatic heterocycles. The highest BCUT2D eigenvalue weighted by Crippen LogP contribution is 2.41. The number of phenolic OH excluding ortho intramolecular Hbond substituents is 1. The zero-order chi connectivity index (χ0) is 28.3. The van der Waals surface area contributed by atoms with E-state index in [-0.39, 0.29) is 26.9 Å². The van der Waals surface area contributed by atoms with Gasteiger partial charge < -0.3 is 15.2 Å². The predicted octanol–water partition coefficient (Wildman–Crippen LogP) is 7.73. The second-order valence-corrected chi connectivity index (χ2v) is 10.5. The molecule has 12 heteroatoms. The first-order valence-electron chi connectivity index (χ1n) is 11.7. The van der Waals surface area contributed by atoms with Crippen molar-refractivity contribution in [3.8, 4) is 11.5 Å². The molecule has 1 amide bonds. The number of hydrogen-bond donors (Lipinski definition) is 3. The number of fused-ring (bicyclic) bond motifs is 1. The molecule has 0 unspecified atom stereocenters. The summed E-state index contributed by atoms with van der Waals surface area (Å²) in [4.78, 5) is 12.8. The van der Waals surface area contributed by atoms with E-state index in [2.05, 4.69) is 15.5 Å². The Morgan fingerprint density at radius 3 is 2.41 bits per heavy atom. The number of ether oxygens (including phenoxy) is 1. The summed E-state index contributed by atoms with van der Waals surface area (Å²) in [6.07, 6.45) is 0.300. The minimum absolute atomic E-state index is 0.0352. The van der Waals surface area contributed by atoms with Gasteiger partial charge in [-0.1, -0.05) is 54.4 Å². The van der Waals surface area contributed by atoms with Gasteiger partial charge in [0.15, 0.2) is 5.75 Å². The third kappa shape index (κ3) is 6.15. The molecule has 0 fully saturated rings. The summed E-state index contributed by atoms with van der Waals surface area (Å²) in [7, 11) is -4.55. The number of carbonyl (C=O) groups excluding carboxylic acids is 1. The molecule has 202 valence electrons. The SMILES string of the molecule is CCOc1ccc(NC(=O)c2cc3ccccc3c(N=Nc3cc(S(=O)(=O)O)c(CC)cc3Cl)c2O)cc1Cl. The molecule has 0 radical (unpaired) electrons. The molecular formula is C27H23Cl2N3O6S. The molecule has 0 spiro atoms. The van der Waals surface area contributed by atoms with Crippen molar-refractivity contribution in [1.82, 2.24) is 0 Å². The quantitative estimate of drug-likeness (QED) is 0.142. The summed E-state index contributed by atoms with van der Waals surface area (Å²) in [6, 6.07) is 15.6. The van der Waals surface area contributed by atoms with Crippen LogP contribution in [0.3, 0.4) is 0 Å². The number of rotatable bonds is 8. The summed E-state index contributed by atoms with van der Waals surface area (Å²) in [6.45, 7) is 3.97. The molecule has 4 aromatic carbocycles. The monoisotopic (exact) mass is 587 g/mol. The van der Waals surface area contributed by atoms with E-state index in [0.717, 1.165) is 6.07 Å². The molecule has 0 aliphatic carbocycles. The zero-order valence-electron chi connectivity index (χ0n) is 20.8. The summed E-state index contributed by atoms with van der Waals surface area (Å²) in [5.74, 6) is -0.617. The fourth-order valence-electron chi connectivity index (χ4n) is 3.92. The van der Waals surface area contributed by atoms with Crippen LogP contribution >= 0.6 is 23.2 Å². The van der Waals surface area contributed by atoms with Crippen LogP contribution in [0.2, 0.25) is 10.0 Å². The standard InChI is InChI=1S/C27H23Cl2N3O6S/c1-3-15-12-20(28)22(14-24(15)39(35,36)37)31-32-25-18-8-6-5-7-16(18)11-19(26(25)33)27(34)30-17-9-10-23(38-4-2)21(29)13-17/h5-14,33H,3-4H2,1-2H3,(H,30,34)(H,35,36,37). The fourth-order valence-corrected chi connectivity index (χ4v) is 5.18. The summed E-state index contributed by atoms with van der Waals surface area (Å²) < 4.78 is 38.8. The predicted molar refractivity (Wildman–Crippen MR) is 151 cm³/mol. The van der Waals surface area contributed by atoms with Crippen molar-refractivity contribution in [2.75, 3.05) is 11.9 Å². The van der Waals surface area contributed by atoms with E-state index < -0.39 is 21.8 Å². The number of phenols is 1. The van der Waals surface area contributed by atoms with Crippen LogP contribution in [0.25, 0.3) is 10.8 Å². The topological polar surface area (TPSA) is 138 Å². The van der Waals surface area contributed by atoms with Crippen LogP contribution < -0.4 is 10.1 Å². The number of nitrogens with one attached hydrogen (secondary N) is 1. The van der Waals surface area contributed by atoms with Crippen LogP contribution in [-0.4, -0.2) is 30.6 Å². The molecule has 0 aliphatic rings. The molecule has 0 aliphatic heterocycles. The van der Waals surface area contributed by atoms with Gasteiger partial charge in [-0.05, 0) is 60.7 Å². The highest BCUT2D eigenvalue weighted by atomic mass is 35.5. The Morgan fingerprint density at radius 1 is 1.00 bits per heavy atom. The lowest BCUT2D eigenvalue weighted by Gasteiger charge is -2.12. The summed E-state index contributed by atoms with van der Waals surface area (Å²) in [5, 5.41) is 23.4. The maximum Gasteiger partial charge on any atom is 0.294 e. The van der Waals surface area contributed by atoms with Gasteiger partial charge in [0.2, 0.25) is 0 Å². The van der Waals surface area contributed by atoms with Crippen molar-refractivity contribution >= 4 is 67.1 Å². The lowest BCUT2D eigenvalue weighted by Crippen LogP contribution is -2.12. The van der Waals surface area contributed by atoms with Gasteiger partial charge in [-0.2, -0.15) is 8.42 Å². The molecule has 0 bridgehead atoms. The van der Waals surface area contributed by atoms with Gasteiger partial charge in [-0.15, -0.1) is 10.2 Å². The first kappa shape index (κ1) is 28.3. The van der Waals surface area contributed by atoms with Crippen LogP contribution in [0.1, 0.15) is 29.8 Å². The number of anilines is 1. The van der Waals surface area contributed by atoms with Gasteiger partial charge in [0.25, 0.3) is 16.0 Å². The van der Waals surface area contributed by atoms with Gasteiger partial charge in [0.05, 0.1) is 27.1 Å². The number of carbonyl (C=O) groups is 1. The van der Waals surface area contributed by atoms with Crippen LogP contribution in [0.4, 0.5) is 17.1 Å². The molecule has 3 N–H and O–H groups in total. The first-order chi connectivity index (χ1) is 18.5. The molecule has 0 saturated carbocycles. The lowest BCUT2D eigenvalue weighted by atomic mass is 10.0. The van der Waals surface area contributed by atoms with Gasteiger partial charge in [0, 0.05) is 11.1 Å². The van der Waals surface area contributed by atoms with E-state index in [1.807, 2.05) is 6.92 Å². The van der Waals surface area contributed by atoms with E-state index in [4.69, 9.17) is 27.9 Å². The zero-order valence-corrected chi connectivity index (χ0v) is 23.1. The van der Waals surface area contributed by atoms with Crippen molar-refractivity contribution in [1.29, 1.82) is 0 Å². The lowest BCUT2D eigenvalue weighted by molar-refractivity contribution is 0.102. The number of nitrogens with zero attached hydrogens (tertiary/aromatic N) is 2. The van der Waals surface area contributed by atoms with Crippen molar-refractivity contribution in [3.05, 3.63) is 81.8 Å². The van der Waals surface area contributed by atoms with E-state index in [1.165, 1.54) is 18.2 Å². The van der Waals surface area contributed by atoms with Crippen molar-refractivity contribution in [2.24, 2.45) is 10.2 Å². The molecule has 0 saturated heterocycles. The number of benzene rings is 4. The van der Waals surface area contributed by atoms with E-state index in [0.29, 0.717) is 45.8 Å². The molecule has 0 heterocycles. The van der Waals surface area contributed by atoms with Gasteiger partial charge >= 0.3 is 0 Å². The largest absolute Gasteiger partial charge is 0.505 e. The number of aromatic hydroxyl groups is 1. The molecule has 4 rings (SSSR count). The number of hydrogen-bond acceptors (Lipinski definition) is 7. The van der Waals surface area contributed by atoms with E-state index in [9.17, 15) is 22.9 Å². The fraction of sp³-hybridized carbons (Fsp3) is 0.148. The first-order valence-corrected chi connectivity index (χ1v) is 13.9. The van der Waals surface area contributed by atoms with E-state index in [1.54, 1.807) is 43.3 Å². The molecule has 39 heavy (non-hydrogen) atoms. The van der Waals surface area contributed by atoms with E-state index >= 15 is 0 Å². The Bertz CT molecular complexity index is 1720.